The lowest BCUT2D eigenvalue weighted by molar-refractivity contribution is -0.143. The van der Waals surface area contributed by atoms with Crippen LogP contribution in [0.3, 0.4) is 0 Å². The molecule has 24 heavy (non-hydrogen) atoms. The zero-order valence-electron chi connectivity index (χ0n) is 13.1. The number of ether oxygens (including phenoxy) is 1. The van der Waals surface area contributed by atoms with E-state index in [0.29, 0.717) is 23.9 Å². The normalized spacial score (nSPS) is 10.7. The fourth-order valence-electron chi connectivity index (χ4n) is 2.37. The third-order valence-corrected chi connectivity index (χ3v) is 3.65. The highest BCUT2D eigenvalue weighted by Gasteiger charge is 2.08. The third kappa shape index (κ3) is 3.84. The molecular formula is C18H17N3O3. The van der Waals surface area contributed by atoms with Crippen LogP contribution in [-0.4, -0.2) is 27.6 Å². The smallest absolute Gasteiger partial charge is 0.307 e. The van der Waals surface area contributed by atoms with Gasteiger partial charge in [-0.25, -0.2) is 4.68 Å². The minimum Gasteiger partial charge on any atom is -0.465 e. The van der Waals surface area contributed by atoms with E-state index in [4.69, 9.17) is 4.74 Å². The molecule has 1 aromatic heterocycles. The number of nitrogens with zero attached hydrogens (tertiary/aromatic N) is 3. The van der Waals surface area contributed by atoms with Crippen LogP contribution in [0.4, 0.5) is 0 Å². The van der Waals surface area contributed by atoms with Gasteiger partial charge in [0.05, 0.1) is 25.0 Å². The van der Waals surface area contributed by atoms with Gasteiger partial charge in [0.15, 0.2) is 0 Å². The van der Waals surface area contributed by atoms with E-state index < -0.39 is 0 Å². The van der Waals surface area contributed by atoms with Gasteiger partial charge in [0.1, 0.15) is 5.52 Å². The largest absolute Gasteiger partial charge is 0.465 e. The second-order valence-corrected chi connectivity index (χ2v) is 5.34. The molecule has 122 valence electrons. The predicted octanol–water partition coefficient (Wildman–Crippen LogP) is 1.97. The molecule has 0 aliphatic carbocycles. The number of fused-ring (bicyclic) bond motifs is 1. The number of hydrogen-bond acceptors (Lipinski definition) is 5. The van der Waals surface area contributed by atoms with Crippen molar-refractivity contribution in [3.63, 3.8) is 0 Å². The Morgan fingerprint density at radius 3 is 2.62 bits per heavy atom. The average Bonchev–Trinajstić information content (AvgIpc) is 2.62. The first-order valence-electron chi connectivity index (χ1n) is 7.76. The lowest BCUT2D eigenvalue weighted by Gasteiger charge is -2.06. The molecular weight excluding hydrogens is 306 g/mol. The highest BCUT2D eigenvalue weighted by Crippen LogP contribution is 2.04. The first-order valence-corrected chi connectivity index (χ1v) is 7.76. The van der Waals surface area contributed by atoms with Crippen LogP contribution in [0.2, 0.25) is 0 Å². The Bertz CT molecular complexity index is 891. The van der Waals surface area contributed by atoms with Gasteiger partial charge >= 0.3 is 5.97 Å². The summed E-state index contributed by atoms with van der Waals surface area (Å²) < 4.78 is 6.39. The summed E-state index contributed by atoms with van der Waals surface area (Å²) >= 11 is 0. The summed E-state index contributed by atoms with van der Waals surface area (Å²) in [5, 5.41) is 8.33. The van der Waals surface area contributed by atoms with Crippen molar-refractivity contribution in [1.82, 2.24) is 15.0 Å². The molecule has 2 aromatic carbocycles. The second kappa shape index (κ2) is 7.50. The molecule has 0 amide bonds. The highest BCUT2D eigenvalue weighted by atomic mass is 16.5. The van der Waals surface area contributed by atoms with E-state index in [9.17, 15) is 9.59 Å². The quantitative estimate of drug-likeness (QED) is 0.648. The Labute approximate surface area is 138 Å². The van der Waals surface area contributed by atoms with Crippen molar-refractivity contribution in [2.24, 2.45) is 0 Å². The highest BCUT2D eigenvalue weighted by molar-refractivity contribution is 5.76. The van der Waals surface area contributed by atoms with Crippen LogP contribution in [0.5, 0.6) is 0 Å². The van der Waals surface area contributed by atoms with Crippen LogP contribution in [-0.2, 0) is 22.5 Å². The predicted molar refractivity (Wildman–Crippen MR) is 89.5 cm³/mol. The summed E-state index contributed by atoms with van der Waals surface area (Å²) in [6, 6.07) is 16.8. The summed E-state index contributed by atoms with van der Waals surface area (Å²) in [5.41, 5.74) is 1.41. The Morgan fingerprint density at radius 2 is 1.79 bits per heavy atom. The van der Waals surface area contributed by atoms with Crippen molar-refractivity contribution in [3.05, 3.63) is 70.5 Å². The van der Waals surface area contributed by atoms with Gasteiger partial charge in [0, 0.05) is 6.42 Å². The molecule has 6 heteroatoms. The van der Waals surface area contributed by atoms with Crippen LogP contribution in [0.1, 0.15) is 12.0 Å². The molecule has 0 saturated carbocycles. The summed E-state index contributed by atoms with van der Waals surface area (Å²) in [4.78, 5) is 24.0. The van der Waals surface area contributed by atoms with Crippen LogP contribution >= 0.6 is 0 Å². The fourth-order valence-corrected chi connectivity index (χ4v) is 2.37. The number of carbonyl (C=O) groups is 1. The molecule has 0 saturated heterocycles. The average molecular weight is 323 g/mol. The van der Waals surface area contributed by atoms with Gasteiger partial charge in [0.25, 0.3) is 5.56 Å². The third-order valence-electron chi connectivity index (χ3n) is 3.65. The van der Waals surface area contributed by atoms with E-state index in [1.807, 2.05) is 30.3 Å². The van der Waals surface area contributed by atoms with E-state index in [0.717, 1.165) is 5.56 Å². The zero-order valence-corrected chi connectivity index (χ0v) is 13.1. The van der Waals surface area contributed by atoms with Gasteiger partial charge in [0.2, 0.25) is 0 Å². The van der Waals surface area contributed by atoms with Crippen LogP contribution in [0.15, 0.2) is 59.4 Å². The standard InChI is InChI=1S/C18H17N3O3/c22-17(24-13-11-14-6-2-1-3-7-14)10-12-21-18(23)15-8-4-5-9-16(15)19-20-21/h1-9H,10-13H2. The summed E-state index contributed by atoms with van der Waals surface area (Å²) in [6.07, 6.45) is 0.754. The molecule has 0 aliphatic heterocycles. The summed E-state index contributed by atoms with van der Waals surface area (Å²) in [7, 11) is 0. The molecule has 3 rings (SSSR count). The fraction of sp³-hybridized carbons (Fsp3) is 0.222. The number of benzene rings is 2. The minimum atomic E-state index is -0.354. The van der Waals surface area contributed by atoms with E-state index in [2.05, 4.69) is 10.3 Å². The van der Waals surface area contributed by atoms with Crippen LogP contribution in [0, 0.1) is 0 Å². The maximum absolute atomic E-state index is 12.2. The number of aryl methyl sites for hydroxylation is 1. The first-order chi connectivity index (χ1) is 11.7. The van der Waals surface area contributed by atoms with Crippen LogP contribution in [0.25, 0.3) is 10.9 Å². The van der Waals surface area contributed by atoms with Gasteiger partial charge in [-0.2, -0.15) is 0 Å². The molecule has 3 aromatic rings. The number of aromatic nitrogens is 3. The summed E-state index contributed by atoms with van der Waals surface area (Å²) in [6.45, 7) is 0.474. The van der Waals surface area contributed by atoms with Crippen molar-refractivity contribution in [3.8, 4) is 0 Å². The van der Waals surface area contributed by atoms with Gasteiger partial charge in [-0.15, -0.1) is 5.10 Å². The van der Waals surface area contributed by atoms with Crippen molar-refractivity contribution in [1.29, 1.82) is 0 Å². The van der Waals surface area contributed by atoms with Gasteiger partial charge in [-0.3, -0.25) is 9.59 Å². The van der Waals surface area contributed by atoms with Crippen molar-refractivity contribution >= 4 is 16.9 Å². The monoisotopic (exact) mass is 323 g/mol. The Hall–Kier alpha value is -3.02. The zero-order chi connectivity index (χ0) is 16.8. The van der Waals surface area contributed by atoms with Crippen LogP contribution < -0.4 is 5.56 Å². The maximum atomic E-state index is 12.2. The molecule has 0 atom stereocenters. The number of esters is 1. The molecule has 0 radical (unpaired) electrons. The molecule has 6 nitrogen and oxygen atoms in total. The second-order valence-electron chi connectivity index (χ2n) is 5.34. The lowest BCUT2D eigenvalue weighted by Crippen LogP contribution is -2.25. The van der Waals surface area contributed by atoms with Gasteiger partial charge < -0.3 is 4.74 Å². The lowest BCUT2D eigenvalue weighted by atomic mass is 10.2. The SMILES string of the molecule is O=C(CCn1nnc2ccccc2c1=O)OCCc1ccccc1. The topological polar surface area (TPSA) is 74.1 Å². The summed E-state index contributed by atoms with van der Waals surface area (Å²) in [5.74, 6) is -0.354. The van der Waals surface area contributed by atoms with Crippen molar-refractivity contribution in [2.75, 3.05) is 6.61 Å². The Morgan fingerprint density at radius 1 is 1.04 bits per heavy atom. The molecule has 0 N–H and O–H groups in total. The van der Waals surface area contributed by atoms with Gasteiger partial charge in [-0.1, -0.05) is 47.7 Å². The number of hydrogen-bond donors (Lipinski definition) is 0. The molecule has 0 bridgehead atoms. The molecule has 0 unspecified atom stereocenters. The van der Waals surface area contributed by atoms with E-state index >= 15 is 0 Å². The maximum Gasteiger partial charge on any atom is 0.307 e. The van der Waals surface area contributed by atoms with Crippen molar-refractivity contribution in [2.45, 2.75) is 19.4 Å². The molecule has 0 aliphatic rings. The minimum absolute atomic E-state index is 0.0850. The number of carbonyl (C=O) groups excluding carboxylic acids is 1. The van der Waals surface area contributed by atoms with E-state index in [1.54, 1.807) is 24.3 Å². The Balaban J connectivity index is 1.53. The van der Waals surface area contributed by atoms with Crippen molar-refractivity contribution < 1.29 is 9.53 Å². The molecule has 1 heterocycles. The first kappa shape index (κ1) is 15.9. The molecule has 0 spiro atoms. The Kier molecular flexibility index (Phi) is 4.96. The molecule has 0 fully saturated rings. The van der Waals surface area contributed by atoms with E-state index in [-0.39, 0.29) is 24.5 Å². The van der Waals surface area contributed by atoms with E-state index in [1.165, 1.54) is 4.68 Å². The number of rotatable bonds is 6. The van der Waals surface area contributed by atoms with Gasteiger partial charge in [-0.05, 0) is 17.7 Å².